The lowest BCUT2D eigenvalue weighted by molar-refractivity contribution is 0.554. The van der Waals surface area contributed by atoms with Gasteiger partial charge in [0, 0.05) is 5.56 Å². The molecule has 142 valence electrons. The molecule has 1 heteroatoms. The highest BCUT2D eigenvalue weighted by molar-refractivity contribution is 5.78. The van der Waals surface area contributed by atoms with Crippen LogP contribution in [0, 0.1) is 11.8 Å². The lowest BCUT2D eigenvalue weighted by Crippen LogP contribution is -2.13. The molecule has 30 heavy (non-hydrogen) atoms. The largest absolute Gasteiger partial charge is 0.365 e. The fourth-order valence-electron chi connectivity index (χ4n) is 4.79. The minimum absolute atomic E-state index is 0.976. The zero-order valence-electron chi connectivity index (χ0n) is 16.7. The van der Waals surface area contributed by atoms with Gasteiger partial charge in [0.2, 0.25) is 0 Å². The Morgan fingerprint density at radius 3 is 1.67 bits per heavy atom. The van der Waals surface area contributed by atoms with Crippen molar-refractivity contribution in [1.82, 2.24) is 0 Å². The molecule has 1 nitrogen and oxygen atoms in total. The SMILES string of the molecule is C(#Cc1c2c([o+]c3c1CCc1ccccc1-3)-c1ccccc1CC2)c1ccccc1. The van der Waals surface area contributed by atoms with Crippen LogP contribution in [0.5, 0.6) is 0 Å². The highest BCUT2D eigenvalue weighted by Crippen LogP contribution is 2.43. The molecule has 0 unspecified atom stereocenters. The van der Waals surface area contributed by atoms with Crippen molar-refractivity contribution >= 4 is 0 Å². The minimum atomic E-state index is 0.976. The second-order valence-electron chi connectivity index (χ2n) is 8.02. The Balaban J connectivity index is 1.64. The highest BCUT2D eigenvalue weighted by Gasteiger charge is 2.37. The van der Waals surface area contributed by atoms with Crippen molar-refractivity contribution in [2.45, 2.75) is 25.7 Å². The van der Waals surface area contributed by atoms with Crippen LogP contribution in [0.2, 0.25) is 0 Å². The van der Waals surface area contributed by atoms with Gasteiger partial charge in [-0.15, -0.1) is 0 Å². The second kappa shape index (κ2) is 7.01. The first-order valence-electron chi connectivity index (χ1n) is 10.6. The Bertz CT molecular complexity index is 1260. The van der Waals surface area contributed by atoms with Crippen LogP contribution in [-0.2, 0) is 25.7 Å². The maximum atomic E-state index is 6.70. The third kappa shape index (κ3) is 2.77. The molecule has 0 saturated heterocycles. The lowest BCUT2D eigenvalue weighted by Gasteiger charge is -2.19. The van der Waals surface area contributed by atoms with E-state index in [1.54, 1.807) is 0 Å². The van der Waals surface area contributed by atoms with Crippen LogP contribution in [-0.4, -0.2) is 0 Å². The van der Waals surface area contributed by atoms with Crippen LogP contribution < -0.4 is 0 Å². The summed E-state index contributed by atoms with van der Waals surface area (Å²) in [6, 6.07) is 27.5. The smallest absolute Gasteiger partial charge is 0.206 e. The van der Waals surface area contributed by atoms with Crippen LogP contribution in [0.15, 0.2) is 83.3 Å². The third-order valence-electron chi connectivity index (χ3n) is 6.27. The van der Waals surface area contributed by atoms with Crippen LogP contribution in [0.4, 0.5) is 0 Å². The van der Waals surface area contributed by atoms with Gasteiger partial charge in [-0.05, 0) is 61.1 Å². The summed E-state index contributed by atoms with van der Waals surface area (Å²) in [5.74, 6) is 8.99. The molecule has 0 saturated carbocycles. The molecule has 0 spiro atoms. The molecule has 4 aromatic rings. The monoisotopic (exact) mass is 385 g/mol. The van der Waals surface area contributed by atoms with E-state index in [2.05, 4.69) is 72.5 Å². The van der Waals surface area contributed by atoms with Gasteiger partial charge in [0.15, 0.2) is 0 Å². The van der Waals surface area contributed by atoms with Crippen molar-refractivity contribution in [2.75, 3.05) is 0 Å². The molecule has 1 aromatic heterocycles. The van der Waals surface area contributed by atoms with E-state index in [4.69, 9.17) is 4.42 Å². The molecule has 0 aliphatic heterocycles. The molecule has 0 atom stereocenters. The molecule has 6 rings (SSSR count). The summed E-state index contributed by atoms with van der Waals surface area (Å²) >= 11 is 0. The summed E-state index contributed by atoms with van der Waals surface area (Å²) in [4.78, 5) is 0. The summed E-state index contributed by atoms with van der Waals surface area (Å²) in [6.45, 7) is 0. The number of hydrogen-bond donors (Lipinski definition) is 0. The predicted octanol–water partition coefficient (Wildman–Crippen LogP) is 6.49. The summed E-state index contributed by atoms with van der Waals surface area (Å²) in [6.07, 6.45) is 4.02. The van der Waals surface area contributed by atoms with Gasteiger partial charge in [0.1, 0.15) is 0 Å². The van der Waals surface area contributed by atoms with E-state index in [1.165, 1.54) is 38.9 Å². The number of aryl methyl sites for hydroxylation is 2. The van der Waals surface area contributed by atoms with Gasteiger partial charge in [-0.25, -0.2) is 4.42 Å². The van der Waals surface area contributed by atoms with Gasteiger partial charge >= 0.3 is 11.5 Å². The van der Waals surface area contributed by atoms with E-state index in [0.29, 0.717) is 0 Å². The molecule has 2 aliphatic carbocycles. The number of benzene rings is 3. The minimum Gasteiger partial charge on any atom is -0.206 e. The van der Waals surface area contributed by atoms with E-state index >= 15 is 0 Å². The van der Waals surface area contributed by atoms with Gasteiger partial charge in [0.25, 0.3) is 0 Å². The number of hydrogen-bond acceptors (Lipinski definition) is 0. The Hall–Kier alpha value is -3.63. The first-order valence-corrected chi connectivity index (χ1v) is 10.6. The molecular weight excluding hydrogens is 364 g/mol. The number of rotatable bonds is 0. The van der Waals surface area contributed by atoms with E-state index in [9.17, 15) is 0 Å². The third-order valence-corrected chi connectivity index (χ3v) is 6.27. The highest BCUT2D eigenvalue weighted by atomic mass is 16.3. The van der Waals surface area contributed by atoms with Crippen molar-refractivity contribution in [3.63, 3.8) is 0 Å². The zero-order valence-corrected chi connectivity index (χ0v) is 16.7. The van der Waals surface area contributed by atoms with Gasteiger partial charge < -0.3 is 0 Å². The van der Waals surface area contributed by atoms with Crippen molar-refractivity contribution in [3.05, 3.63) is 112 Å². The molecule has 1 heterocycles. The van der Waals surface area contributed by atoms with Crippen LogP contribution in [0.1, 0.15) is 33.4 Å². The Labute approximate surface area is 177 Å². The average molecular weight is 385 g/mol. The van der Waals surface area contributed by atoms with Crippen LogP contribution in [0.25, 0.3) is 22.6 Å². The Morgan fingerprint density at radius 1 is 0.533 bits per heavy atom. The quantitative estimate of drug-likeness (QED) is 0.249. The first-order chi connectivity index (χ1) is 14.9. The fraction of sp³-hybridized carbons (Fsp3) is 0.138. The van der Waals surface area contributed by atoms with Crippen LogP contribution in [0.3, 0.4) is 0 Å². The van der Waals surface area contributed by atoms with E-state index in [1.807, 2.05) is 18.2 Å². The summed E-state index contributed by atoms with van der Waals surface area (Å²) in [5.41, 5.74) is 9.93. The normalized spacial score (nSPS) is 13.2. The molecular formula is C29H21O+. The second-order valence-corrected chi connectivity index (χ2v) is 8.02. The van der Waals surface area contributed by atoms with Crippen molar-refractivity contribution in [3.8, 4) is 34.5 Å². The van der Waals surface area contributed by atoms with Crippen LogP contribution >= 0.6 is 0 Å². The van der Waals surface area contributed by atoms with Gasteiger partial charge in [-0.3, -0.25) is 0 Å². The molecule has 0 N–H and O–H groups in total. The van der Waals surface area contributed by atoms with Crippen molar-refractivity contribution in [1.29, 1.82) is 0 Å². The summed E-state index contributed by atoms with van der Waals surface area (Å²) in [5, 5.41) is 0. The topological polar surface area (TPSA) is 11.3 Å². The zero-order chi connectivity index (χ0) is 19.9. The number of fused-ring (bicyclic) bond motifs is 6. The van der Waals surface area contributed by atoms with Crippen molar-refractivity contribution < 1.29 is 4.42 Å². The molecule has 0 bridgehead atoms. The first kappa shape index (κ1) is 17.2. The van der Waals surface area contributed by atoms with Gasteiger partial charge in [-0.2, -0.15) is 0 Å². The summed E-state index contributed by atoms with van der Waals surface area (Å²) < 4.78 is 6.70. The predicted molar refractivity (Wildman–Crippen MR) is 121 cm³/mol. The molecule has 3 aromatic carbocycles. The Kier molecular flexibility index (Phi) is 4.03. The lowest BCUT2D eigenvalue weighted by atomic mass is 9.81. The van der Waals surface area contributed by atoms with E-state index in [0.717, 1.165) is 42.8 Å². The van der Waals surface area contributed by atoms with E-state index < -0.39 is 0 Å². The molecule has 0 amide bonds. The maximum absolute atomic E-state index is 6.70. The Morgan fingerprint density at radius 2 is 1.07 bits per heavy atom. The van der Waals surface area contributed by atoms with Crippen molar-refractivity contribution in [2.24, 2.45) is 0 Å². The van der Waals surface area contributed by atoms with E-state index in [-0.39, 0.29) is 0 Å². The standard InChI is InChI=1S/C29H21O/c1-2-8-20(9-3-1)14-17-25-26-18-15-21-10-4-6-12-23(21)28(26)30-29-24-13-7-5-11-22(24)16-19-27(25)29/h1-13H,15-16,18-19H2/q+1. The summed E-state index contributed by atoms with van der Waals surface area (Å²) in [7, 11) is 0. The van der Waals surface area contributed by atoms with Gasteiger partial charge in [0.05, 0.1) is 27.8 Å². The average Bonchev–Trinajstić information content (AvgIpc) is 2.82. The maximum Gasteiger partial charge on any atom is 0.365 e. The molecule has 0 fully saturated rings. The fourth-order valence-corrected chi connectivity index (χ4v) is 4.79. The molecule has 2 aliphatic rings. The molecule has 0 radical (unpaired) electrons. The van der Waals surface area contributed by atoms with Gasteiger partial charge in [-0.1, -0.05) is 66.4 Å².